The summed E-state index contributed by atoms with van der Waals surface area (Å²) in [5, 5.41) is 5.29. The lowest BCUT2D eigenvalue weighted by molar-refractivity contribution is -0.158. The van der Waals surface area contributed by atoms with Crippen molar-refractivity contribution in [2.45, 2.75) is 57.7 Å². The fourth-order valence-electron chi connectivity index (χ4n) is 5.76. The maximum Gasteiger partial charge on any atom is 0.246 e. The molecular weight excluding hydrogens is 519 g/mol. The average molecular weight is 559 g/mol. The number of hydrogen-bond acceptors (Lipinski definition) is 4. The minimum atomic E-state index is -0.865. The van der Waals surface area contributed by atoms with Gasteiger partial charge in [-0.1, -0.05) is 68.4 Å². The van der Waals surface area contributed by atoms with Crippen molar-refractivity contribution in [1.29, 1.82) is 0 Å². The molecule has 3 atom stereocenters. The number of hydrogen-bond donors (Lipinski definition) is 2. The van der Waals surface area contributed by atoms with Crippen molar-refractivity contribution in [3.8, 4) is 0 Å². The van der Waals surface area contributed by atoms with E-state index in [0.717, 1.165) is 34.7 Å². The van der Waals surface area contributed by atoms with E-state index in [4.69, 9.17) is 5.73 Å². The largest absolute Gasteiger partial charge is 0.354 e. The third-order valence-corrected chi connectivity index (χ3v) is 8.24. The Balaban J connectivity index is 1.36. The van der Waals surface area contributed by atoms with Gasteiger partial charge in [0, 0.05) is 26.1 Å². The summed E-state index contributed by atoms with van der Waals surface area (Å²) in [5.41, 5.74) is 8.04. The zero-order valence-corrected chi connectivity index (χ0v) is 23.8. The molecule has 41 heavy (non-hydrogen) atoms. The number of fused-ring (bicyclic) bond motifs is 1. The highest BCUT2D eigenvalue weighted by atomic mass is 19.1. The molecule has 5 rings (SSSR count). The minimum Gasteiger partial charge on any atom is -0.354 e. The highest BCUT2D eigenvalue weighted by molar-refractivity contribution is 5.94. The van der Waals surface area contributed by atoms with Gasteiger partial charge >= 0.3 is 0 Å². The van der Waals surface area contributed by atoms with Gasteiger partial charge in [-0.05, 0) is 65.1 Å². The van der Waals surface area contributed by atoms with Crippen molar-refractivity contribution in [2.75, 3.05) is 19.6 Å². The minimum absolute atomic E-state index is 0.159. The lowest BCUT2D eigenvalue weighted by Gasteiger charge is -2.45. The zero-order valence-electron chi connectivity index (χ0n) is 23.8. The quantitative estimate of drug-likeness (QED) is 0.397. The highest BCUT2D eigenvalue weighted by Gasteiger charge is 2.44. The number of carbonyl (C=O) groups is 3. The molecule has 0 aromatic heterocycles. The number of amides is 3. The van der Waals surface area contributed by atoms with Gasteiger partial charge in [-0.15, -0.1) is 0 Å². The van der Waals surface area contributed by atoms with E-state index < -0.39 is 18.1 Å². The molecule has 216 valence electrons. The molecule has 3 aromatic carbocycles. The second-order valence-electron chi connectivity index (χ2n) is 11.8. The molecule has 1 heterocycles. The fourth-order valence-corrected chi connectivity index (χ4v) is 5.76. The summed E-state index contributed by atoms with van der Waals surface area (Å²) < 4.78 is 13.3. The molecule has 0 bridgehead atoms. The molecule has 1 saturated carbocycles. The van der Waals surface area contributed by atoms with Crippen LogP contribution in [0.2, 0.25) is 0 Å². The van der Waals surface area contributed by atoms with Crippen molar-refractivity contribution in [3.63, 3.8) is 0 Å². The Kier molecular flexibility index (Phi) is 8.68. The predicted octanol–water partition coefficient (Wildman–Crippen LogP) is 3.68. The molecule has 2 fully saturated rings. The van der Waals surface area contributed by atoms with Crippen LogP contribution in [0.25, 0.3) is 10.8 Å². The van der Waals surface area contributed by atoms with Crippen LogP contribution in [0.4, 0.5) is 4.39 Å². The zero-order chi connectivity index (χ0) is 29.1. The van der Waals surface area contributed by atoms with Gasteiger partial charge in [0.2, 0.25) is 17.7 Å². The number of piperazine rings is 1. The predicted molar refractivity (Wildman–Crippen MR) is 157 cm³/mol. The second-order valence-corrected chi connectivity index (χ2v) is 11.8. The Hall–Kier alpha value is -3.78. The molecule has 3 N–H and O–H groups in total. The van der Waals surface area contributed by atoms with Crippen molar-refractivity contribution < 1.29 is 18.8 Å². The van der Waals surface area contributed by atoms with Gasteiger partial charge in [-0.2, -0.15) is 0 Å². The van der Waals surface area contributed by atoms with Gasteiger partial charge in [-0.3, -0.25) is 14.4 Å². The number of rotatable bonds is 10. The maximum atomic E-state index is 14.1. The number of nitrogens with zero attached hydrogens (tertiary/aromatic N) is 2. The van der Waals surface area contributed by atoms with Crippen molar-refractivity contribution in [3.05, 3.63) is 83.7 Å². The van der Waals surface area contributed by atoms with Crippen LogP contribution in [0.3, 0.4) is 0 Å². The molecule has 2 aliphatic rings. The SMILES string of the molecule is CC(C)[C@H]1C(=O)N(C(Cc2ccc3ccccc3c2)C(=O)NCC2CC2)CCN1C(=O)C(N)Cc1ccc(F)cc1. The van der Waals surface area contributed by atoms with E-state index >= 15 is 0 Å². The molecule has 7 nitrogen and oxygen atoms in total. The molecule has 3 aromatic rings. The van der Waals surface area contributed by atoms with Gasteiger partial charge < -0.3 is 20.9 Å². The van der Waals surface area contributed by atoms with E-state index in [1.165, 1.54) is 12.1 Å². The summed E-state index contributed by atoms with van der Waals surface area (Å²) in [6.45, 7) is 4.96. The highest BCUT2D eigenvalue weighted by Crippen LogP contribution is 2.28. The number of nitrogens with one attached hydrogen (secondary N) is 1. The first-order chi connectivity index (χ1) is 19.7. The summed E-state index contributed by atoms with van der Waals surface area (Å²) in [4.78, 5) is 44.4. The van der Waals surface area contributed by atoms with Crippen LogP contribution >= 0.6 is 0 Å². The first-order valence-electron chi connectivity index (χ1n) is 14.6. The maximum absolute atomic E-state index is 14.1. The van der Waals surface area contributed by atoms with Crippen LogP contribution in [-0.4, -0.2) is 65.3 Å². The summed E-state index contributed by atoms with van der Waals surface area (Å²) in [6, 6.07) is 17.8. The van der Waals surface area contributed by atoms with Gasteiger partial charge in [0.1, 0.15) is 17.9 Å². The van der Waals surface area contributed by atoms with Gasteiger partial charge in [0.25, 0.3) is 0 Å². The molecule has 8 heteroatoms. The van der Waals surface area contributed by atoms with E-state index in [1.807, 2.05) is 50.2 Å². The first-order valence-corrected chi connectivity index (χ1v) is 14.6. The van der Waals surface area contributed by atoms with Crippen LogP contribution in [0.5, 0.6) is 0 Å². The molecule has 0 radical (unpaired) electrons. The van der Waals surface area contributed by atoms with E-state index in [-0.39, 0.29) is 49.0 Å². The Morgan fingerprint density at radius 3 is 2.32 bits per heavy atom. The van der Waals surface area contributed by atoms with Crippen LogP contribution < -0.4 is 11.1 Å². The average Bonchev–Trinajstić information content (AvgIpc) is 3.80. The van der Waals surface area contributed by atoms with E-state index in [2.05, 4.69) is 11.4 Å². The van der Waals surface area contributed by atoms with Crippen molar-refractivity contribution in [2.24, 2.45) is 17.6 Å². The van der Waals surface area contributed by atoms with Gasteiger partial charge in [0.05, 0.1) is 6.04 Å². The van der Waals surface area contributed by atoms with Crippen LogP contribution in [0.15, 0.2) is 66.7 Å². The Labute approximate surface area is 240 Å². The monoisotopic (exact) mass is 558 g/mol. The van der Waals surface area contributed by atoms with E-state index in [0.29, 0.717) is 18.9 Å². The second kappa shape index (κ2) is 12.4. The Morgan fingerprint density at radius 2 is 1.63 bits per heavy atom. The molecule has 1 aliphatic heterocycles. The topological polar surface area (TPSA) is 95.7 Å². The smallest absolute Gasteiger partial charge is 0.246 e. The third kappa shape index (κ3) is 6.76. The molecule has 2 unspecified atom stereocenters. The summed E-state index contributed by atoms with van der Waals surface area (Å²) in [6.07, 6.45) is 2.86. The van der Waals surface area contributed by atoms with Crippen LogP contribution in [-0.2, 0) is 27.2 Å². The Bertz CT molecular complexity index is 1410. The first kappa shape index (κ1) is 28.7. The Morgan fingerprint density at radius 1 is 0.951 bits per heavy atom. The standard InChI is InChI=1S/C33H39FN4O3/c1-21(2)30-33(41)37(15-16-38(30)32(40)28(35)18-22-10-13-27(34)14-11-22)29(31(39)36-20-23-7-8-23)19-24-9-12-25-5-3-4-6-26(25)17-24/h3-6,9-14,17,21,23,28-30H,7-8,15-16,18-20,35H2,1-2H3,(H,36,39)/t28?,29?,30-/m0/s1. The molecule has 0 spiro atoms. The van der Waals surface area contributed by atoms with Gasteiger partial charge in [-0.25, -0.2) is 4.39 Å². The number of nitrogens with two attached hydrogens (primary N) is 1. The van der Waals surface area contributed by atoms with Crippen LogP contribution in [0, 0.1) is 17.7 Å². The van der Waals surface area contributed by atoms with E-state index in [1.54, 1.807) is 21.9 Å². The normalized spacial score (nSPS) is 19.0. The molecule has 3 amide bonds. The summed E-state index contributed by atoms with van der Waals surface area (Å²) in [5.74, 6) is -0.728. The number of carbonyl (C=O) groups excluding carboxylic acids is 3. The summed E-state index contributed by atoms with van der Waals surface area (Å²) >= 11 is 0. The van der Waals surface area contributed by atoms with E-state index in [9.17, 15) is 18.8 Å². The molecular formula is C33H39FN4O3. The lowest BCUT2D eigenvalue weighted by Crippen LogP contribution is -2.66. The third-order valence-electron chi connectivity index (χ3n) is 8.24. The van der Waals surface area contributed by atoms with Crippen molar-refractivity contribution in [1.82, 2.24) is 15.1 Å². The van der Waals surface area contributed by atoms with Gasteiger partial charge in [0.15, 0.2) is 0 Å². The molecule has 1 aliphatic carbocycles. The lowest BCUT2D eigenvalue weighted by atomic mass is 9.93. The fraction of sp³-hybridized carbons (Fsp3) is 0.424. The summed E-state index contributed by atoms with van der Waals surface area (Å²) in [7, 11) is 0. The number of halogens is 1. The van der Waals surface area contributed by atoms with Crippen LogP contribution in [0.1, 0.15) is 37.8 Å². The number of benzene rings is 3. The van der Waals surface area contributed by atoms with Crippen molar-refractivity contribution >= 4 is 28.5 Å². The molecule has 1 saturated heterocycles.